The maximum Gasteiger partial charge on any atom is 0.244 e. The molecule has 3 nitrogen and oxygen atoms in total. The Labute approximate surface area is 128 Å². The first-order chi connectivity index (χ1) is 9.48. The minimum absolute atomic E-state index is 0.206. The van der Waals surface area contributed by atoms with E-state index in [9.17, 15) is 4.79 Å². The van der Waals surface area contributed by atoms with E-state index in [1.807, 2.05) is 11.8 Å². The van der Waals surface area contributed by atoms with Crippen molar-refractivity contribution in [2.75, 3.05) is 12.8 Å². The molecule has 0 aromatic rings. The summed E-state index contributed by atoms with van der Waals surface area (Å²) in [5.74, 6) is 1.01. The molecule has 0 aromatic heterocycles. The molecule has 2 atom stereocenters. The minimum Gasteiger partial charge on any atom is -0.325 e. The van der Waals surface area contributed by atoms with Gasteiger partial charge in [0.15, 0.2) is 0 Å². The lowest BCUT2D eigenvalue weighted by molar-refractivity contribution is -0.133. The summed E-state index contributed by atoms with van der Waals surface area (Å²) in [5.41, 5.74) is -0.206. The van der Waals surface area contributed by atoms with Gasteiger partial charge in [-0.15, -0.1) is 0 Å². The number of hydrogen-bond donors (Lipinski definition) is 1. The first-order valence-corrected chi connectivity index (χ1v) is 9.39. The summed E-state index contributed by atoms with van der Waals surface area (Å²) < 4.78 is 0. The van der Waals surface area contributed by atoms with E-state index >= 15 is 0 Å². The summed E-state index contributed by atoms with van der Waals surface area (Å²) in [6, 6.07) is 0. The summed E-state index contributed by atoms with van der Waals surface area (Å²) in [4.78, 5) is 15.0. The number of carbonyl (C=O) groups is 1. The lowest BCUT2D eigenvalue weighted by Gasteiger charge is -2.26. The fourth-order valence-corrected chi connectivity index (χ4v) is 3.88. The number of carbonyl (C=O) groups excluding carboxylic acids is 1. The average molecular weight is 298 g/mol. The van der Waals surface area contributed by atoms with E-state index in [1.165, 1.54) is 12.8 Å². The van der Waals surface area contributed by atoms with Crippen molar-refractivity contribution in [2.24, 2.45) is 5.92 Å². The molecule has 1 saturated heterocycles. The largest absolute Gasteiger partial charge is 0.325 e. The third kappa shape index (κ3) is 3.33. The second kappa shape index (κ2) is 6.69. The molecule has 20 heavy (non-hydrogen) atoms. The Bertz CT molecular complexity index is 339. The third-order valence-corrected chi connectivity index (χ3v) is 5.86. The van der Waals surface area contributed by atoms with Gasteiger partial charge in [-0.3, -0.25) is 10.1 Å². The van der Waals surface area contributed by atoms with Gasteiger partial charge in [0.2, 0.25) is 5.91 Å². The lowest BCUT2D eigenvalue weighted by Crippen LogP contribution is -2.44. The molecule has 2 rings (SSSR count). The molecule has 1 aliphatic carbocycles. The molecule has 1 saturated carbocycles. The van der Waals surface area contributed by atoms with E-state index in [2.05, 4.69) is 37.2 Å². The van der Waals surface area contributed by atoms with Crippen LogP contribution in [0.5, 0.6) is 0 Å². The van der Waals surface area contributed by atoms with Crippen LogP contribution in [0.3, 0.4) is 0 Å². The van der Waals surface area contributed by atoms with Crippen molar-refractivity contribution in [3.05, 3.63) is 0 Å². The van der Waals surface area contributed by atoms with Crippen LogP contribution >= 0.6 is 11.8 Å². The summed E-state index contributed by atoms with van der Waals surface area (Å²) in [7, 11) is 0. The summed E-state index contributed by atoms with van der Waals surface area (Å²) >= 11 is 1.89. The predicted molar refractivity (Wildman–Crippen MR) is 86.9 cm³/mol. The van der Waals surface area contributed by atoms with Gasteiger partial charge < -0.3 is 4.90 Å². The van der Waals surface area contributed by atoms with Gasteiger partial charge in [-0.1, -0.05) is 33.6 Å². The number of hydrogen-bond acceptors (Lipinski definition) is 3. The van der Waals surface area contributed by atoms with Crippen molar-refractivity contribution in [1.29, 1.82) is 0 Å². The second-order valence-corrected chi connectivity index (χ2v) is 8.19. The van der Waals surface area contributed by atoms with Crippen LogP contribution in [0.2, 0.25) is 0 Å². The maximum atomic E-state index is 12.9. The van der Waals surface area contributed by atoms with Gasteiger partial charge in [-0.2, -0.15) is 11.8 Å². The minimum atomic E-state index is -0.206. The third-order valence-electron chi connectivity index (χ3n) is 4.82. The highest BCUT2D eigenvalue weighted by molar-refractivity contribution is 7.99. The maximum absolute atomic E-state index is 12.9. The summed E-state index contributed by atoms with van der Waals surface area (Å²) in [6.07, 6.45) is 9.04. The molecular formula is C16H30N2OS. The van der Waals surface area contributed by atoms with Crippen molar-refractivity contribution < 1.29 is 4.79 Å². The molecule has 1 amide bonds. The highest BCUT2D eigenvalue weighted by Gasteiger charge is 2.51. The quantitative estimate of drug-likeness (QED) is 0.817. The molecule has 0 bridgehead atoms. The fraction of sp³-hybridized carbons (Fsp3) is 0.938. The normalized spacial score (nSPS) is 26.9. The number of amides is 1. The highest BCUT2D eigenvalue weighted by Crippen LogP contribution is 2.37. The van der Waals surface area contributed by atoms with Gasteiger partial charge in [0.1, 0.15) is 0 Å². The predicted octanol–water partition coefficient (Wildman–Crippen LogP) is 3.24. The van der Waals surface area contributed by atoms with E-state index in [1.54, 1.807) is 0 Å². The van der Waals surface area contributed by atoms with Crippen LogP contribution < -0.4 is 5.32 Å². The number of thioether (sulfide) groups is 1. The Balaban J connectivity index is 2.05. The molecule has 1 heterocycles. The molecule has 1 spiro atoms. The zero-order chi connectivity index (χ0) is 14.8. The Morgan fingerprint density at radius 2 is 2.00 bits per heavy atom. The SMILES string of the molecule is CSC(C)CCN1C(=O)C2(CCCC2)NC1CC(C)C. The van der Waals surface area contributed by atoms with Crippen molar-refractivity contribution in [2.45, 2.75) is 76.3 Å². The molecule has 4 heteroatoms. The average Bonchev–Trinajstić information content (AvgIpc) is 2.95. The Morgan fingerprint density at radius 3 is 2.55 bits per heavy atom. The molecule has 2 aliphatic rings. The molecule has 1 aliphatic heterocycles. The summed E-state index contributed by atoms with van der Waals surface area (Å²) in [5, 5.41) is 4.34. The van der Waals surface area contributed by atoms with Crippen LogP contribution in [-0.2, 0) is 4.79 Å². The van der Waals surface area contributed by atoms with Crippen LogP contribution in [0.1, 0.15) is 59.3 Å². The first-order valence-electron chi connectivity index (χ1n) is 8.10. The molecule has 2 unspecified atom stereocenters. The van der Waals surface area contributed by atoms with Gasteiger partial charge in [0.25, 0.3) is 0 Å². The van der Waals surface area contributed by atoms with Crippen molar-refractivity contribution >= 4 is 17.7 Å². The van der Waals surface area contributed by atoms with Gasteiger partial charge in [0, 0.05) is 11.8 Å². The van der Waals surface area contributed by atoms with Crippen LogP contribution in [-0.4, -0.2) is 40.6 Å². The number of nitrogens with zero attached hydrogens (tertiary/aromatic N) is 1. The number of rotatable bonds is 6. The number of nitrogens with one attached hydrogen (secondary N) is 1. The summed E-state index contributed by atoms with van der Waals surface area (Å²) in [6.45, 7) is 7.65. The molecule has 1 N–H and O–H groups in total. The topological polar surface area (TPSA) is 32.3 Å². The lowest BCUT2D eigenvalue weighted by atomic mass is 9.98. The molecule has 2 fully saturated rings. The molecule has 116 valence electrons. The van der Waals surface area contributed by atoms with Crippen molar-refractivity contribution in [3.63, 3.8) is 0 Å². The van der Waals surface area contributed by atoms with E-state index in [4.69, 9.17) is 0 Å². The van der Waals surface area contributed by atoms with Gasteiger partial charge >= 0.3 is 0 Å². The van der Waals surface area contributed by atoms with Gasteiger partial charge in [-0.25, -0.2) is 0 Å². The molecule has 0 radical (unpaired) electrons. The van der Waals surface area contributed by atoms with E-state index in [0.717, 1.165) is 32.2 Å². The molecule has 0 aromatic carbocycles. The van der Waals surface area contributed by atoms with E-state index < -0.39 is 0 Å². The van der Waals surface area contributed by atoms with Crippen LogP contribution in [0.25, 0.3) is 0 Å². The zero-order valence-electron chi connectivity index (χ0n) is 13.4. The molecular weight excluding hydrogens is 268 g/mol. The van der Waals surface area contributed by atoms with Crippen molar-refractivity contribution in [3.8, 4) is 0 Å². The van der Waals surface area contributed by atoms with E-state index in [-0.39, 0.29) is 11.7 Å². The van der Waals surface area contributed by atoms with Crippen LogP contribution in [0.4, 0.5) is 0 Å². The zero-order valence-corrected chi connectivity index (χ0v) is 14.3. The van der Waals surface area contributed by atoms with Gasteiger partial charge in [0.05, 0.1) is 11.7 Å². The Hall–Kier alpha value is -0.220. The smallest absolute Gasteiger partial charge is 0.244 e. The first kappa shape index (κ1) is 16.2. The fourth-order valence-electron chi connectivity index (χ4n) is 3.54. The standard InChI is InChI=1S/C16H30N2OS/c1-12(2)11-14-17-16(8-5-6-9-16)15(19)18(14)10-7-13(3)20-4/h12-14,17H,5-11H2,1-4H3. The van der Waals surface area contributed by atoms with Crippen LogP contribution in [0.15, 0.2) is 0 Å². The Morgan fingerprint density at radius 1 is 1.35 bits per heavy atom. The van der Waals surface area contributed by atoms with Crippen LogP contribution in [0, 0.1) is 5.92 Å². The monoisotopic (exact) mass is 298 g/mol. The highest BCUT2D eigenvalue weighted by atomic mass is 32.2. The van der Waals surface area contributed by atoms with E-state index in [0.29, 0.717) is 17.1 Å². The van der Waals surface area contributed by atoms with Gasteiger partial charge in [-0.05, 0) is 37.9 Å². The Kier molecular flexibility index (Phi) is 5.41. The van der Waals surface area contributed by atoms with Crippen molar-refractivity contribution in [1.82, 2.24) is 10.2 Å². The second-order valence-electron chi connectivity index (χ2n) is 6.91.